The quantitative estimate of drug-likeness (QED) is 0.107. The van der Waals surface area contributed by atoms with Crippen LogP contribution >= 0.6 is 22.7 Å². The van der Waals surface area contributed by atoms with Gasteiger partial charge in [0.2, 0.25) is 11.8 Å². The first-order chi connectivity index (χ1) is 33.8. The molecule has 0 saturated carbocycles. The van der Waals surface area contributed by atoms with E-state index in [1.807, 2.05) is 43.3 Å². The van der Waals surface area contributed by atoms with Crippen molar-refractivity contribution in [2.75, 3.05) is 82.6 Å². The maximum Gasteiger partial charge on any atom is 0.264 e. The number of carbonyl (C=O) groups is 2. The summed E-state index contributed by atoms with van der Waals surface area (Å²) >= 11 is 2.16. The maximum absolute atomic E-state index is 13.1. The number of piperidine rings is 2. The third kappa shape index (κ3) is 14.9. The molecule has 14 heteroatoms. The molecular weight excluding hydrogens is 805 g/mol. The van der Waals surface area contributed by atoms with Crippen molar-refractivity contribution in [1.29, 1.82) is 0 Å². The van der Waals surface area contributed by atoms with Gasteiger partial charge in [-0.05, 0) is 92.3 Å². The van der Waals surface area contributed by atoms with Gasteiger partial charge in [0.05, 0.1) is 48.1 Å². The number of amides is 2. The zero-order valence-corrected chi connectivity index (χ0v) is 36.1. The van der Waals surface area contributed by atoms with Crippen molar-refractivity contribution in [2.45, 2.75) is 76.2 Å². The summed E-state index contributed by atoms with van der Waals surface area (Å²) in [5.74, 6) is -0.210. The summed E-state index contributed by atoms with van der Waals surface area (Å²) in [6.45, 7) is -0.213. The summed E-state index contributed by atoms with van der Waals surface area (Å²) in [6.07, 6.45) is -1.76. The maximum atomic E-state index is 13.1. The molecule has 2 aliphatic rings. The van der Waals surface area contributed by atoms with Crippen molar-refractivity contribution in [3.8, 4) is 0 Å². The van der Waals surface area contributed by atoms with E-state index < -0.39 is 61.1 Å². The highest BCUT2D eigenvalue weighted by molar-refractivity contribution is 7.85. The van der Waals surface area contributed by atoms with Gasteiger partial charge in [0, 0.05) is 82.2 Å². The van der Waals surface area contributed by atoms with Gasteiger partial charge in [-0.1, -0.05) is 62.4 Å². The monoisotopic (exact) mass is 882 g/mol. The lowest BCUT2D eigenvalue weighted by atomic mass is 9.85. The van der Waals surface area contributed by atoms with Gasteiger partial charge in [0.15, 0.2) is 0 Å². The van der Waals surface area contributed by atoms with E-state index in [-0.39, 0.29) is 62.3 Å². The number of aryl methyl sites for hydroxylation is 2. The van der Waals surface area contributed by atoms with Crippen molar-refractivity contribution in [1.82, 2.24) is 10.2 Å². The van der Waals surface area contributed by atoms with Gasteiger partial charge >= 0.3 is 0 Å². The molecule has 1 N–H and O–H groups in total. The van der Waals surface area contributed by atoms with Crippen LogP contribution < -0.4 is 15.1 Å². The first-order valence-electron chi connectivity index (χ1n) is 26.3. The SMILES string of the molecule is [2H]C([2H])(OS(C)(=O)=O)C([2H])([2H])c1cccs1.[2H]C([2H])([2H])OCC1(N(C(=O)CC)c2ccccc2)CCN(C([2H])([2H])C([2H])([2H])c2cccs2)CC1.[2H]C([2H])([2H])OCC1(N(C(=O)CC)c2ccccc2)CCNCC1. The highest BCUT2D eigenvalue weighted by atomic mass is 32.2. The van der Waals surface area contributed by atoms with E-state index in [9.17, 15) is 18.0 Å². The number of hydrogen-bond donors (Lipinski definition) is 1. The largest absolute Gasteiger partial charge is 0.382 e. The summed E-state index contributed by atoms with van der Waals surface area (Å²) < 4.78 is 145. The van der Waals surface area contributed by atoms with Crippen molar-refractivity contribution in [3.05, 3.63) is 105 Å². The minimum Gasteiger partial charge on any atom is -0.382 e. The number of likely N-dealkylation sites (tertiary alicyclic amines) is 1. The first-order valence-corrected chi connectivity index (χ1v) is 22.8. The molecule has 11 nitrogen and oxygen atoms in total. The van der Waals surface area contributed by atoms with E-state index in [4.69, 9.17) is 28.7 Å². The number of anilines is 2. The summed E-state index contributed by atoms with van der Waals surface area (Å²) in [5.41, 5.74) is -0.233. The molecule has 2 aromatic heterocycles. The van der Waals surface area contributed by atoms with E-state index in [1.165, 1.54) is 11.0 Å². The van der Waals surface area contributed by atoms with E-state index in [1.54, 1.807) is 69.9 Å². The zero-order valence-electron chi connectivity index (χ0n) is 47.6. The Morgan fingerprint density at radius 1 is 0.746 bits per heavy atom. The lowest BCUT2D eigenvalue weighted by molar-refractivity contribution is -0.121. The van der Waals surface area contributed by atoms with Gasteiger partial charge in [-0.3, -0.25) is 13.8 Å². The van der Waals surface area contributed by atoms with Gasteiger partial charge in [-0.2, -0.15) is 8.42 Å². The molecular formula is C45H64N4O7S3. The number of hydrogen-bond acceptors (Lipinski definition) is 11. The molecule has 0 bridgehead atoms. The van der Waals surface area contributed by atoms with Crippen molar-refractivity contribution >= 4 is 56.0 Å². The third-order valence-electron chi connectivity index (χ3n) is 9.74. The molecule has 2 aromatic carbocycles. The average Bonchev–Trinajstić information content (AvgIpc) is 4.08. The highest BCUT2D eigenvalue weighted by Gasteiger charge is 2.43. The lowest BCUT2D eigenvalue weighted by Crippen LogP contribution is -2.60. The van der Waals surface area contributed by atoms with Crippen LogP contribution in [-0.2, 0) is 46.1 Å². The third-order valence-corrected chi connectivity index (χ3v) is 11.7. The van der Waals surface area contributed by atoms with Gasteiger partial charge in [-0.25, -0.2) is 0 Å². The van der Waals surface area contributed by atoms with Crippen molar-refractivity contribution in [2.24, 2.45) is 0 Å². The Labute approximate surface area is 380 Å². The van der Waals surface area contributed by atoms with Crippen molar-refractivity contribution < 1.29 is 50.9 Å². The van der Waals surface area contributed by atoms with Crippen molar-refractivity contribution in [3.63, 3.8) is 0 Å². The zero-order chi connectivity index (χ0) is 54.7. The number of carbonyl (C=O) groups excluding carboxylic acids is 2. The first kappa shape index (κ1) is 31.4. The fourth-order valence-electron chi connectivity index (χ4n) is 6.88. The number of nitrogens with zero attached hydrogens (tertiary/aromatic N) is 3. The van der Waals surface area contributed by atoms with Gasteiger partial charge in [-0.15, -0.1) is 22.7 Å². The van der Waals surface area contributed by atoms with E-state index in [2.05, 4.69) is 9.50 Å². The van der Waals surface area contributed by atoms with Crippen LogP contribution in [0.25, 0.3) is 0 Å². The Morgan fingerprint density at radius 3 is 1.64 bits per heavy atom. The molecule has 6 rings (SSSR count). The summed E-state index contributed by atoms with van der Waals surface area (Å²) in [7, 11) is -9.17. The Morgan fingerprint density at radius 2 is 1.22 bits per heavy atom. The number of rotatable bonds is 17. The predicted octanol–water partition coefficient (Wildman–Crippen LogP) is 7.68. The van der Waals surface area contributed by atoms with E-state index in [0.717, 1.165) is 41.5 Å². The molecule has 0 unspecified atom stereocenters. The number of benzene rings is 2. The highest BCUT2D eigenvalue weighted by Crippen LogP contribution is 2.35. The standard InChI is InChI=1S/C22H30N2O2S.C16H24N2O2.C7H10O3S2/c1-3-21(25)24(19-8-5-4-6-9-19)22(18-26-2)12-15-23(16-13-22)14-11-20-10-7-17-27-20;1-3-15(19)18(14-7-5-4-6-8-14)16(13-20-2)9-11-17-12-10-16;1-12(8,9)10-5-4-7-3-2-6-11-7/h4-10,17H,3,11-16,18H2,1-2H3;4-8,17H,3,9-13H2,1-2H3;2-3,6H,4-5H2,1H3/i2D3,11D2,14D2;2D3;4D2,5D2. The lowest BCUT2D eigenvalue weighted by Gasteiger charge is -2.48. The second-order valence-electron chi connectivity index (χ2n) is 13.8. The summed E-state index contributed by atoms with van der Waals surface area (Å²) in [6, 6.07) is 24.6. The van der Waals surface area contributed by atoms with Crippen LogP contribution in [0, 0.1) is 0 Å². The summed E-state index contributed by atoms with van der Waals surface area (Å²) in [5, 5.41) is 6.55. The smallest absolute Gasteiger partial charge is 0.264 e. The van der Waals surface area contributed by atoms with Gasteiger partial charge in [0.25, 0.3) is 10.1 Å². The Hall–Kier alpha value is -3.47. The molecule has 2 amide bonds. The van der Waals surface area contributed by atoms with E-state index >= 15 is 0 Å². The van der Waals surface area contributed by atoms with E-state index in [0.29, 0.717) is 36.1 Å². The molecule has 2 saturated heterocycles. The minimum absolute atomic E-state index is 0.00577. The predicted molar refractivity (Wildman–Crippen MR) is 242 cm³/mol. The molecule has 324 valence electrons. The second-order valence-corrected chi connectivity index (χ2v) is 17.3. The number of ether oxygens (including phenoxy) is 2. The van der Waals surface area contributed by atoms with Crippen LogP contribution in [0.1, 0.15) is 81.3 Å². The Balaban J connectivity index is 0.000000256. The molecule has 0 spiro atoms. The molecule has 0 atom stereocenters. The van der Waals surface area contributed by atoms with Crippen LogP contribution in [0.3, 0.4) is 0 Å². The molecule has 0 radical (unpaired) electrons. The fraction of sp³-hybridized carbons (Fsp3) is 0.511. The summed E-state index contributed by atoms with van der Waals surface area (Å²) in [4.78, 5) is 30.9. The topological polar surface area (TPSA) is 118 Å². The average molecular weight is 883 g/mol. The fourth-order valence-corrected chi connectivity index (χ4v) is 8.20. The van der Waals surface area contributed by atoms with Crippen LogP contribution in [0.4, 0.5) is 11.4 Å². The number of para-hydroxylation sites is 2. The molecule has 59 heavy (non-hydrogen) atoms. The Kier molecular flexibility index (Phi) is 13.1. The van der Waals surface area contributed by atoms with Crippen LogP contribution in [0.2, 0.25) is 0 Å². The molecule has 2 fully saturated rings. The molecule has 4 aromatic rings. The number of methoxy groups -OCH3 is 2. The minimum atomic E-state index is -4.07. The molecule has 0 aliphatic carbocycles. The molecule has 4 heterocycles. The molecule has 2 aliphatic heterocycles. The van der Waals surface area contributed by atoms with Crippen LogP contribution in [0.5, 0.6) is 0 Å². The second kappa shape index (κ2) is 24.7. The number of nitrogens with one attached hydrogen (secondary N) is 1. The van der Waals surface area contributed by atoms with Gasteiger partial charge in [0.1, 0.15) is 0 Å². The Bertz CT molecular complexity index is 2440. The van der Waals surface area contributed by atoms with Crippen LogP contribution in [0.15, 0.2) is 95.7 Å². The van der Waals surface area contributed by atoms with Gasteiger partial charge < -0.3 is 29.5 Å². The van der Waals surface area contributed by atoms with Crippen LogP contribution in [-0.4, -0.2) is 109 Å². The normalized spacial score (nSPS) is 21.1. The number of thiophene rings is 2.